The first kappa shape index (κ1) is 11.3. The molecule has 0 fully saturated rings. The zero-order valence-electron chi connectivity index (χ0n) is 8.95. The highest BCUT2D eigenvalue weighted by atomic mass is 32.1. The molecule has 0 saturated heterocycles. The summed E-state index contributed by atoms with van der Waals surface area (Å²) in [4.78, 5) is 4.19. The Bertz CT molecular complexity index is 557. The van der Waals surface area contributed by atoms with E-state index < -0.39 is 0 Å². The van der Waals surface area contributed by atoms with Crippen molar-refractivity contribution >= 4 is 23.0 Å². The van der Waals surface area contributed by atoms with E-state index in [9.17, 15) is 0 Å². The maximum Gasteiger partial charge on any atom is 0.197 e. The zero-order valence-corrected chi connectivity index (χ0v) is 9.76. The summed E-state index contributed by atoms with van der Waals surface area (Å²) in [5.74, 6) is 0. The summed E-state index contributed by atoms with van der Waals surface area (Å²) in [7, 11) is 0. The van der Waals surface area contributed by atoms with E-state index in [1.165, 1.54) is 12.4 Å². The molecule has 0 amide bonds. The van der Waals surface area contributed by atoms with Gasteiger partial charge < -0.3 is 10.5 Å². The third-order valence-electron chi connectivity index (χ3n) is 2.05. The fourth-order valence-electron chi connectivity index (χ4n) is 1.28. The minimum Gasteiger partial charge on any atom is -0.429 e. The lowest BCUT2D eigenvalue weighted by atomic mass is 10.3. The molecule has 0 radical (unpaired) electrons. The largest absolute Gasteiger partial charge is 0.429 e. The Labute approximate surface area is 104 Å². The molecule has 0 spiro atoms. The SMILES string of the molecule is On1ccc(=NC(=S)Nc2ccccc2)cc1. The zero-order chi connectivity index (χ0) is 12.1. The van der Waals surface area contributed by atoms with Crippen LogP contribution >= 0.6 is 12.2 Å². The van der Waals surface area contributed by atoms with E-state index in [-0.39, 0.29) is 0 Å². The van der Waals surface area contributed by atoms with Gasteiger partial charge in [-0.2, -0.15) is 0 Å². The van der Waals surface area contributed by atoms with Crippen LogP contribution in [0.25, 0.3) is 0 Å². The van der Waals surface area contributed by atoms with Crippen molar-refractivity contribution in [2.75, 3.05) is 5.32 Å². The van der Waals surface area contributed by atoms with Crippen LogP contribution in [0.4, 0.5) is 5.69 Å². The van der Waals surface area contributed by atoms with Crippen molar-refractivity contribution in [2.45, 2.75) is 0 Å². The van der Waals surface area contributed by atoms with E-state index in [0.717, 1.165) is 10.4 Å². The average Bonchev–Trinajstić information content (AvgIpc) is 2.33. The molecule has 1 heterocycles. The Morgan fingerprint density at radius 3 is 2.41 bits per heavy atom. The molecule has 0 unspecified atom stereocenters. The van der Waals surface area contributed by atoms with Gasteiger partial charge in [0.15, 0.2) is 5.11 Å². The minimum atomic E-state index is 0.381. The van der Waals surface area contributed by atoms with Gasteiger partial charge in [0.25, 0.3) is 0 Å². The van der Waals surface area contributed by atoms with Gasteiger partial charge in [-0.1, -0.05) is 18.2 Å². The second-order valence-corrected chi connectivity index (χ2v) is 3.73. The Hall–Kier alpha value is -2.14. The fraction of sp³-hybridized carbons (Fsp3) is 0. The molecule has 0 atom stereocenters. The van der Waals surface area contributed by atoms with Crippen molar-refractivity contribution in [3.63, 3.8) is 0 Å². The Kier molecular flexibility index (Phi) is 3.52. The number of nitrogens with zero attached hydrogens (tertiary/aromatic N) is 2. The molecule has 1 aromatic heterocycles. The van der Waals surface area contributed by atoms with Crippen LogP contribution in [0.2, 0.25) is 0 Å². The molecule has 2 N–H and O–H groups in total. The van der Waals surface area contributed by atoms with Gasteiger partial charge in [-0.3, -0.25) is 0 Å². The average molecular weight is 245 g/mol. The van der Waals surface area contributed by atoms with Crippen molar-refractivity contribution in [3.8, 4) is 0 Å². The maximum absolute atomic E-state index is 9.05. The quantitative estimate of drug-likeness (QED) is 0.597. The molecule has 0 aliphatic carbocycles. The van der Waals surface area contributed by atoms with Crippen LogP contribution in [0, 0.1) is 0 Å². The lowest BCUT2D eigenvalue weighted by Gasteiger charge is -2.02. The van der Waals surface area contributed by atoms with Crippen LogP contribution in [0.5, 0.6) is 0 Å². The van der Waals surface area contributed by atoms with Gasteiger partial charge in [-0.15, -0.1) is 0 Å². The van der Waals surface area contributed by atoms with Crippen LogP contribution in [-0.4, -0.2) is 15.1 Å². The number of thiocarbonyl (C=S) groups is 1. The van der Waals surface area contributed by atoms with Crippen LogP contribution in [0.15, 0.2) is 59.9 Å². The van der Waals surface area contributed by atoms with E-state index in [2.05, 4.69) is 10.3 Å². The number of nitrogens with one attached hydrogen (secondary N) is 1. The molecule has 4 nitrogen and oxygen atoms in total. The van der Waals surface area contributed by atoms with E-state index in [1.807, 2.05) is 30.3 Å². The normalized spacial score (nSPS) is 9.65. The summed E-state index contributed by atoms with van der Waals surface area (Å²) >= 11 is 5.10. The first-order chi connectivity index (χ1) is 8.24. The van der Waals surface area contributed by atoms with E-state index in [4.69, 9.17) is 17.4 Å². The van der Waals surface area contributed by atoms with Crippen LogP contribution in [0.1, 0.15) is 0 Å². The third-order valence-corrected chi connectivity index (χ3v) is 2.25. The molecule has 0 saturated carbocycles. The number of anilines is 1. The monoisotopic (exact) mass is 245 g/mol. The van der Waals surface area contributed by atoms with Gasteiger partial charge in [-0.25, -0.2) is 9.72 Å². The topological polar surface area (TPSA) is 49.5 Å². The van der Waals surface area contributed by atoms with Crippen LogP contribution < -0.4 is 10.7 Å². The number of rotatable bonds is 1. The smallest absolute Gasteiger partial charge is 0.197 e. The van der Waals surface area contributed by atoms with E-state index >= 15 is 0 Å². The molecule has 0 aliphatic heterocycles. The van der Waals surface area contributed by atoms with Gasteiger partial charge in [0.05, 0.1) is 5.36 Å². The lowest BCUT2D eigenvalue weighted by molar-refractivity contribution is 0.184. The predicted molar refractivity (Wildman–Crippen MR) is 69.8 cm³/mol. The van der Waals surface area contributed by atoms with Crippen LogP contribution in [0.3, 0.4) is 0 Å². The minimum absolute atomic E-state index is 0.381. The van der Waals surface area contributed by atoms with Crippen molar-refractivity contribution in [3.05, 3.63) is 60.2 Å². The summed E-state index contributed by atoms with van der Waals surface area (Å²) in [5.41, 5.74) is 0.898. The molecule has 17 heavy (non-hydrogen) atoms. The second-order valence-electron chi connectivity index (χ2n) is 3.34. The third kappa shape index (κ3) is 3.42. The summed E-state index contributed by atoms with van der Waals surface area (Å²) in [5, 5.41) is 13.1. The maximum atomic E-state index is 9.05. The molecule has 2 aromatic rings. The van der Waals surface area contributed by atoms with Gasteiger partial charge in [0.1, 0.15) is 0 Å². The van der Waals surface area contributed by atoms with Gasteiger partial charge in [0, 0.05) is 18.1 Å². The fourth-order valence-corrected chi connectivity index (χ4v) is 1.50. The van der Waals surface area contributed by atoms with Crippen molar-refractivity contribution < 1.29 is 5.21 Å². The Balaban J connectivity index is 2.12. The number of aromatic nitrogens is 1. The second kappa shape index (κ2) is 5.27. The van der Waals surface area contributed by atoms with Crippen molar-refractivity contribution in [2.24, 2.45) is 4.99 Å². The highest BCUT2D eigenvalue weighted by molar-refractivity contribution is 7.80. The predicted octanol–water partition coefficient (Wildman–Crippen LogP) is 2.02. The van der Waals surface area contributed by atoms with Crippen molar-refractivity contribution in [1.82, 2.24) is 4.73 Å². The number of pyridine rings is 1. The van der Waals surface area contributed by atoms with E-state index in [0.29, 0.717) is 10.5 Å². The molecule has 5 heteroatoms. The highest BCUT2D eigenvalue weighted by Crippen LogP contribution is 2.04. The van der Waals surface area contributed by atoms with Gasteiger partial charge in [0.2, 0.25) is 0 Å². The summed E-state index contributed by atoms with van der Waals surface area (Å²) in [6, 6.07) is 12.9. The summed E-state index contributed by atoms with van der Waals surface area (Å²) < 4.78 is 0.951. The standard InChI is InChI=1S/C12H11N3OS/c16-15-8-6-11(7-9-15)14-12(17)13-10-4-2-1-3-5-10/h1-9,16H,(H,13,17). The molecule has 0 aliphatic rings. The number of hydrogen-bond acceptors (Lipinski definition) is 2. The van der Waals surface area contributed by atoms with Crippen LogP contribution in [-0.2, 0) is 0 Å². The highest BCUT2D eigenvalue weighted by Gasteiger charge is 1.93. The number of para-hydroxylation sites is 1. The first-order valence-corrected chi connectivity index (χ1v) is 5.43. The summed E-state index contributed by atoms with van der Waals surface area (Å²) in [6.45, 7) is 0. The van der Waals surface area contributed by atoms with E-state index in [1.54, 1.807) is 12.1 Å². The molecule has 0 bridgehead atoms. The molecular formula is C12H11N3OS. The molecule has 1 aromatic carbocycles. The number of hydrogen-bond donors (Lipinski definition) is 2. The Morgan fingerprint density at radius 2 is 1.76 bits per heavy atom. The Morgan fingerprint density at radius 1 is 1.12 bits per heavy atom. The first-order valence-electron chi connectivity index (χ1n) is 5.02. The molecular weight excluding hydrogens is 234 g/mol. The van der Waals surface area contributed by atoms with Gasteiger partial charge in [-0.05, 0) is 36.5 Å². The summed E-state index contributed by atoms with van der Waals surface area (Å²) in [6.07, 6.45) is 2.98. The lowest BCUT2D eigenvalue weighted by Crippen LogP contribution is -2.12. The number of benzene rings is 1. The molecule has 2 rings (SSSR count). The van der Waals surface area contributed by atoms with Gasteiger partial charge >= 0.3 is 0 Å². The molecule has 86 valence electrons. The van der Waals surface area contributed by atoms with Crippen molar-refractivity contribution in [1.29, 1.82) is 0 Å².